The Morgan fingerprint density at radius 1 is 1.35 bits per heavy atom. The number of halogens is 3. The standard InChI is InChI=1S/C17H19F3N4O2/c1-9(2)24-8-10(6-14(24)25)15(26)21-11-4-5-13-12(7-11)22-16(23(13)3)17(18,19)20/h4-5,7,9-10H,6,8H2,1-3H3,(H,21,26)/t10-/m0/s1. The smallest absolute Gasteiger partial charge is 0.339 e. The van der Waals surface area contributed by atoms with Crippen LogP contribution in [0.3, 0.4) is 0 Å². The van der Waals surface area contributed by atoms with Crippen molar-refractivity contribution in [2.45, 2.75) is 32.5 Å². The minimum atomic E-state index is -4.55. The lowest BCUT2D eigenvalue weighted by Gasteiger charge is -2.20. The number of benzene rings is 1. The van der Waals surface area contributed by atoms with Gasteiger partial charge in [-0.25, -0.2) is 4.98 Å². The molecule has 2 aromatic rings. The summed E-state index contributed by atoms with van der Waals surface area (Å²) in [5, 5.41) is 2.68. The van der Waals surface area contributed by atoms with Gasteiger partial charge in [0, 0.05) is 31.7 Å². The number of nitrogens with one attached hydrogen (secondary N) is 1. The average Bonchev–Trinajstić information content (AvgIpc) is 3.08. The molecule has 1 saturated heterocycles. The molecule has 6 nitrogen and oxygen atoms in total. The third kappa shape index (κ3) is 3.25. The van der Waals surface area contributed by atoms with Crippen LogP contribution >= 0.6 is 0 Å². The highest BCUT2D eigenvalue weighted by atomic mass is 19.4. The highest BCUT2D eigenvalue weighted by Crippen LogP contribution is 2.31. The van der Waals surface area contributed by atoms with Gasteiger partial charge in [-0.1, -0.05) is 0 Å². The van der Waals surface area contributed by atoms with E-state index in [4.69, 9.17) is 0 Å². The van der Waals surface area contributed by atoms with E-state index < -0.39 is 17.9 Å². The number of imidazole rings is 1. The second kappa shape index (κ2) is 6.30. The lowest BCUT2D eigenvalue weighted by Crippen LogP contribution is -2.33. The fourth-order valence-electron chi connectivity index (χ4n) is 3.18. The van der Waals surface area contributed by atoms with Crippen LogP contribution in [0.2, 0.25) is 0 Å². The average molecular weight is 368 g/mol. The first-order valence-corrected chi connectivity index (χ1v) is 8.22. The van der Waals surface area contributed by atoms with Crippen LogP contribution in [0.4, 0.5) is 18.9 Å². The predicted octanol–water partition coefficient (Wildman–Crippen LogP) is 2.79. The summed E-state index contributed by atoms with van der Waals surface area (Å²) in [5.74, 6) is -1.87. The van der Waals surface area contributed by atoms with Gasteiger partial charge >= 0.3 is 6.18 Å². The maximum absolute atomic E-state index is 13.0. The van der Waals surface area contributed by atoms with E-state index in [0.717, 1.165) is 4.57 Å². The molecule has 3 rings (SSSR count). The Kier molecular flexibility index (Phi) is 4.41. The van der Waals surface area contributed by atoms with Crippen LogP contribution in [0.15, 0.2) is 18.2 Å². The van der Waals surface area contributed by atoms with Crippen molar-refractivity contribution in [1.82, 2.24) is 14.5 Å². The summed E-state index contributed by atoms with van der Waals surface area (Å²) >= 11 is 0. The van der Waals surface area contributed by atoms with Crippen LogP contribution in [0.5, 0.6) is 0 Å². The van der Waals surface area contributed by atoms with Gasteiger partial charge in [0.1, 0.15) is 0 Å². The van der Waals surface area contributed by atoms with Crippen LogP contribution < -0.4 is 5.32 Å². The molecule has 9 heteroatoms. The molecule has 2 heterocycles. The molecule has 140 valence electrons. The molecular weight excluding hydrogens is 349 g/mol. The number of hydrogen-bond donors (Lipinski definition) is 1. The van der Waals surface area contributed by atoms with Crippen molar-refractivity contribution in [3.63, 3.8) is 0 Å². The van der Waals surface area contributed by atoms with Crippen LogP contribution in [-0.4, -0.2) is 38.9 Å². The van der Waals surface area contributed by atoms with Crippen molar-refractivity contribution in [2.24, 2.45) is 13.0 Å². The second-order valence-corrected chi connectivity index (χ2v) is 6.73. The first-order valence-electron chi connectivity index (χ1n) is 8.22. The number of likely N-dealkylation sites (tertiary alicyclic amines) is 1. The molecule has 1 aromatic heterocycles. The molecule has 26 heavy (non-hydrogen) atoms. The van der Waals surface area contributed by atoms with Gasteiger partial charge in [-0.3, -0.25) is 9.59 Å². The second-order valence-electron chi connectivity index (χ2n) is 6.73. The quantitative estimate of drug-likeness (QED) is 0.906. The molecule has 2 amide bonds. The highest BCUT2D eigenvalue weighted by molar-refractivity contribution is 5.98. The van der Waals surface area contributed by atoms with Gasteiger partial charge < -0.3 is 14.8 Å². The number of aryl methyl sites for hydroxylation is 1. The summed E-state index contributed by atoms with van der Waals surface area (Å²) in [7, 11) is 1.29. The summed E-state index contributed by atoms with van der Waals surface area (Å²) in [6.45, 7) is 4.10. The highest BCUT2D eigenvalue weighted by Gasteiger charge is 2.37. The molecule has 0 radical (unpaired) electrons. The van der Waals surface area contributed by atoms with Crippen molar-refractivity contribution in [1.29, 1.82) is 0 Å². The SMILES string of the molecule is CC(C)N1C[C@@H](C(=O)Nc2ccc3c(c2)nc(C(F)(F)F)n3C)CC1=O. The number of amides is 2. The van der Waals surface area contributed by atoms with Crippen molar-refractivity contribution in [2.75, 3.05) is 11.9 Å². The summed E-state index contributed by atoms with van der Waals surface area (Å²) in [5.41, 5.74) is 0.811. The molecule has 1 aliphatic rings. The summed E-state index contributed by atoms with van der Waals surface area (Å²) in [6, 6.07) is 4.43. The van der Waals surface area contributed by atoms with Gasteiger partial charge in [0.15, 0.2) is 0 Å². The Hall–Kier alpha value is -2.58. The van der Waals surface area contributed by atoms with Crippen molar-refractivity contribution in [3.05, 3.63) is 24.0 Å². The Morgan fingerprint density at radius 2 is 2.04 bits per heavy atom. The van der Waals surface area contributed by atoms with E-state index in [-0.39, 0.29) is 29.8 Å². The lowest BCUT2D eigenvalue weighted by atomic mass is 10.1. The zero-order chi connectivity index (χ0) is 19.2. The van der Waals surface area contributed by atoms with Crippen molar-refractivity contribution < 1.29 is 22.8 Å². The van der Waals surface area contributed by atoms with Crippen LogP contribution in [0, 0.1) is 5.92 Å². The molecular formula is C17H19F3N4O2. The molecule has 0 bridgehead atoms. The molecule has 0 aliphatic carbocycles. The fraction of sp³-hybridized carbons (Fsp3) is 0.471. The molecule has 1 N–H and O–H groups in total. The fourth-order valence-corrected chi connectivity index (χ4v) is 3.18. The summed E-state index contributed by atoms with van der Waals surface area (Å²) in [6.07, 6.45) is -4.42. The largest absolute Gasteiger partial charge is 0.449 e. The molecule has 1 aromatic carbocycles. The molecule has 0 unspecified atom stereocenters. The minimum absolute atomic E-state index is 0.0194. The zero-order valence-electron chi connectivity index (χ0n) is 14.6. The molecule has 1 aliphatic heterocycles. The maximum atomic E-state index is 13.0. The molecule has 1 atom stereocenters. The third-order valence-electron chi connectivity index (χ3n) is 4.55. The Labute approximate surface area is 148 Å². The molecule has 0 spiro atoms. The third-order valence-corrected chi connectivity index (χ3v) is 4.55. The predicted molar refractivity (Wildman–Crippen MR) is 89.3 cm³/mol. The van der Waals surface area contributed by atoms with Gasteiger partial charge in [0.25, 0.3) is 0 Å². The van der Waals surface area contributed by atoms with E-state index >= 15 is 0 Å². The van der Waals surface area contributed by atoms with Gasteiger partial charge in [0.05, 0.1) is 17.0 Å². The van der Waals surface area contributed by atoms with Crippen molar-refractivity contribution >= 4 is 28.5 Å². The van der Waals surface area contributed by atoms with Gasteiger partial charge in [-0.05, 0) is 32.0 Å². The summed E-state index contributed by atoms with van der Waals surface area (Å²) < 4.78 is 39.8. The Bertz CT molecular complexity index is 873. The number of rotatable bonds is 3. The number of carbonyl (C=O) groups is 2. The zero-order valence-corrected chi connectivity index (χ0v) is 14.6. The first-order chi connectivity index (χ1) is 12.1. The van der Waals surface area contributed by atoms with Crippen LogP contribution in [0.25, 0.3) is 11.0 Å². The molecule has 0 saturated carbocycles. The normalized spacial score (nSPS) is 18.2. The van der Waals surface area contributed by atoms with E-state index in [1.54, 1.807) is 4.90 Å². The van der Waals surface area contributed by atoms with Gasteiger partial charge in [0.2, 0.25) is 17.6 Å². The van der Waals surface area contributed by atoms with E-state index in [0.29, 0.717) is 17.7 Å². The number of carbonyl (C=O) groups excluding carboxylic acids is 2. The number of hydrogen-bond acceptors (Lipinski definition) is 3. The minimum Gasteiger partial charge on any atom is -0.339 e. The van der Waals surface area contributed by atoms with Crippen LogP contribution in [-0.2, 0) is 22.8 Å². The topological polar surface area (TPSA) is 67.2 Å². The van der Waals surface area contributed by atoms with E-state index in [1.807, 2.05) is 13.8 Å². The lowest BCUT2D eigenvalue weighted by molar-refractivity contribution is -0.146. The van der Waals surface area contributed by atoms with E-state index in [9.17, 15) is 22.8 Å². The Morgan fingerprint density at radius 3 is 2.62 bits per heavy atom. The monoisotopic (exact) mass is 368 g/mol. The number of anilines is 1. The number of fused-ring (bicyclic) bond motifs is 1. The van der Waals surface area contributed by atoms with Gasteiger partial charge in [-0.2, -0.15) is 13.2 Å². The first kappa shape index (κ1) is 18.2. The maximum Gasteiger partial charge on any atom is 0.449 e. The number of nitrogens with zero attached hydrogens (tertiary/aromatic N) is 3. The van der Waals surface area contributed by atoms with E-state index in [2.05, 4.69) is 10.3 Å². The van der Waals surface area contributed by atoms with E-state index in [1.165, 1.54) is 25.2 Å². The van der Waals surface area contributed by atoms with Crippen molar-refractivity contribution in [3.8, 4) is 0 Å². The Balaban J connectivity index is 1.79. The number of alkyl halides is 3. The van der Waals surface area contributed by atoms with Crippen LogP contribution in [0.1, 0.15) is 26.1 Å². The molecule has 1 fully saturated rings. The van der Waals surface area contributed by atoms with Gasteiger partial charge in [-0.15, -0.1) is 0 Å². The summed E-state index contributed by atoms with van der Waals surface area (Å²) in [4.78, 5) is 29.6. The number of aromatic nitrogens is 2.